The Bertz CT molecular complexity index is 462. The van der Waals surface area contributed by atoms with Crippen LogP contribution < -0.4 is 5.32 Å². The van der Waals surface area contributed by atoms with Crippen molar-refractivity contribution in [1.29, 1.82) is 0 Å². The van der Waals surface area contributed by atoms with E-state index in [4.69, 9.17) is 0 Å². The molecule has 1 aliphatic rings. The smallest absolute Gasteiger partial charge is 0.278 e. The normalized spacial score (nSPS) is 22.5. The van der Waals surface area contributed by atoms with E-state index in [-0.39, 0.29) is 11.2 Å². The summed E-state index contributed by atoms with van der Waals surface area (Å²) in [7, 11) is -1.69. The molecule has 17 heavy (non-hydrogen) atoms. The molecule has 0 spiro atoms. The maximum absolute atomic E-state index is 12.2. The largest absolute Gasteiger partial charge is 0.316 e. The lowest BCUT2D eigenvalue weighted by atomic mass is 10.1. The van der Waals surface area contributed by atoms with Gasteiger partial charge in [-0.05, 0) is 26.0 Å². The van der Waals surface area contributed by atoms with Crippen molar-refractivity contribution in [3.05, 3.63) is 18.5 Å². The molecule has 0 aromatic carbocycles. The summed E-state index contributed by atoms with van der Waals surface area (Å²) >= 11 is 0. The zero-order valence-corrected chi connectivity index (χ0v) is 10.5. The molecule has 6 nitrogen and oxygen atoms in total. The molecule has 0 amide bonds. The average molecular weight is 256 g/mol. The Kier molecular flexibility index (Phi) is 3.70. The minimum atomic E-state index is -3.53. The summed E-state index contributed by atoms with van der Waals surface area (Å²) in [5.41, 5.74) is 0. The van der Waals surface area contributed by atoms with Crippen LogP contribution in [0.4, 0.5) is 0 Å². The molecule has 1 atom stereocenters. The maximum Gasteiger partial charge on any atom is 0.278 e. The van der Waals surface area contributed by atoms with Crippen LogP contribution >= 0.6 is 0 Å². The first-order chi connectivity index (χ1) is 8.14. The van der Waals surface area contributed by atoms with E-state index in [0.717, 1.165) is 12.8 Å². The Morgan fingerprint density at radius 2 is 2.12 bits per heavy atom. The molecular weight excluding hydrogens is 240 g/mol. The maximum atomic E-state index is 12.2. The van der Waals surface area contributed by atoms with Gasteiger partial charge in [-0.25, -0.2) is 18.4 Å². The molecule has 1 aromatic heterocycles. The molecule has 1 saturated heterocycles. The Hall–Kier alpha value is -1.05. The van der Waals surface area contributed by atoms with Crippen LogP contribution in [-0.4, -0.2) is 48.9 Å². The van der Waals surface area contributed by atoms with Crippen molar-refractivity contribution in [1.82, 2.24) is 19.6 Å². The highest BCUT2D eigenvalue weighted by Gasteiger charge is 2.31. The Morgan fingerprint density at radius 3 is 2.76 bits per heavy atom. The van der Waals surface area contributed by atoms with Gasteiger partial charge < -0.3 is 5.32 Å². The number of nitrogens with zero attached hydrogens (tertiary/aromatic N) is 3. The molecule has 0 unspecified atom stereocenters. The summed E-state index contributed by atoms with van der Waals surface area (Å²) in [6, 6.07) is 1.81. The van der Waals surface area contributed by atoms with Gasteiger partial charge in [0.25, 0.3) is 15.2 Å². The van der Waals surface area contributed by atoms with Gasteiger partial charge in [-0.1, -0.05) is 0 Å². The Labute approximate surface area is 101 Å². The minimum absolute atomic E-state index is 0.114. The topological polar surface area (TPSA) is 75.2 Å². The van der Waals surface area contributed by atoms with Gasteiger partial charge in [-0.15, -0.1) is 0 Å². The first kappa shape index (κ1) is 12.4. The van der Waals surface area contributed by atoms with Crippen LogP contribution in [0.15, 0.2) is 23.6 Å². The highest BCUT2D eigenvalue weighted by molar-refractivity contribution is 7.88. The molecule has 2 heterocycles. The standard InChI is InChI=1S/C10H16N4O2S/c1-11-9-4-2-7-14(8-9)17(15,16)10-12-5-3-6-13-10/h3,5-6,9,11H,2,4,7-8H2,1H3/t9-/m1/s1. The second-order valence-electron chi connectivity index (χ2n) is 4.02. The fraction of sp³-hybridized carbons (Fsp3) is 0.600. The van der Waals surface area contributed by atoms with Crippen molar-refractivity contribution in [2.24, 2.45) is 0 Å². The van der Waals surface area contributed by atoms with E-state index in [1.165, 1.54) is 16.7 Å². The van der Waals surface area contributed by atoms with Gasteiger partial charge in [0, 0.05) is 31.5 Å². The van der Waals surface area contributed by atoms with Crippen LogP contribution in [0.1, 0.15) is 12.8 Å². The van der Waals surface area contributed by atoms with E-state index in [2.05, 4.69) is 15.3 Å². The third-order valence-electron chi connectivity index (χ3n) is 2.91. The van der Waals surface area contributed by atoms with E-state index < -0.39 is 10.0 Å². The summed E-state index contributed by atoms with van der Waals surface area (Å²) < 4.78 is 25.9. The summed E-state index contributed by atoms with van der Waals surface area (Å²) in [5, 5.41) is 3.00. The van der Waals surface area contributed by atoms with Gasteiger partial charge in [0.1, 0.15) is 0 Å². The highest BCUT2D eigenvalue weighted by atomic mass is 32.2. The number of hydrogen-bond donors (Lipinski definition) is 1. The quantitative estimate of drug-likeness (QED) is 0.761. The van der Waals surface area contributed by atoms with Crippen molar-refractivity contribution >= 4 is 10.0 Å². The number of likely N-dealkylation sites (N-methyl/N-ethyl adjacent to an activating group) is 1. The molecule has 7 heteroatoms. The zero-order valence-electron chi connectivity index (χ0n) is 9.70. The fourth-order valence-electron chi connectivity index (χ4n) is 1.93. The number of nitrogens with one attached hydrogen (secondary N) is 1. The van der Waals surface area contributed by atoms with Gasteiger partial charge >= 0.3 is 0 Å². The van der Waals surface area contributed by atoms with E-state index in [9.17, 15) is 8.42 Å². The van der Waals surface area contributed by atoms with E-state index >= 15 is 0 Å². The second kappa shape index (κ2) is 5.07. The molecule has 0 bridgehead atoms. The number of piperidine rings is 1. The lowest BCUT2D eigenvalue weighted by Crippen LogP contribution is -2.47. The molecule has 1 N–H and O–H groups in total. The van der Waals surface area contributed by atoms with Gasteiger partial charge in [-0.2, -0.15) is 4.31 Å². The van der Waals surface area contributed by atoms with Crippen molar-refractivity contribution in [2.75, 3.05) is 20.1 Å². The molecular formula is C10H16N4O2S. The van der Waals surface area contributed by atoms with Gasteiger partial charge in [0.15, 0.2) is 0 Å². The molecule has 0 aliphatic carbocycles. The second-order valence-corrected chi connectivity index (χ2v) is 5.85. The summed E-state index contributed by atoms with van der Waals surface area (Å²) in [5.74, 6) is 0. The minimum Gasteiger partial charge on any atom is -0.316 e. The third kappa shape index (κ3) is 2.62. The number of hydrogen-bond acceptors (Lipinski definition) is 5. The molecule has 1 fully saturated rings. The van der Waals surface area contributed by atoms with Crippen LogP contribution in [0, 0.1) is 0 Å². The van der Waals surface area contributed by atoms with Crippen molar-refractivity contribution in [3.8, 4) is 0 Å². The van der Waals surface area contributed by atoms with Crippen LogP contribution in [-0.2, 0) is 10.0 Å². The molecule has 0 saturated carbocycles. The Morgan fingerprint density at radius 1 is 1.41 bits per heavy atom. The van der Waals surface area contributed by atoms with Crippen molar-refractivity contribution in [3.63, 3.8) is 0 Å². The Balaban J connectivity index is 2.21. The van der Waals surface area contributed by atoms with E-state index in [0.29, 0.717) is 13.1 Å². The SMILES string of the molecule is CN[C@@H]1CCCN(S(=O)(=O)c2ncccn2)C1. The number of rotatable bonds is 3. The van der Waals surface area contributed by atoms with Crippen LogP contribution in [0.2, 0.25) is 0 Å². The first-order valence-electron chi connectivity index (χ1n) is 5.59. The zero-order chi connectivity index (χ0) is 12.3. The molecule has 1 aliphatic heterocycles. The monoisotopic (exact) mass is 256 g/mol. The summed E-state index contributed by atoms with van der Waals surface area (Å²) in [6.45, 7) is 1.02. The number of aromatic nitrogens is 2. The fourth-order valence-corrected chi connectivity index (χ4v) is 3.30. The van der Waals surface area contributed by atoms with E-state index in [1.807, 2.05) is 7.05 Å². The highest BCUT2D eigenvalue weighted by Crippen LogP contribution is 2.17. The number of sulfonamides is 1. The van der Waals surface area contributed by atoms with Crippen LogP contribution in [0.25, 0.3) is 0 Å². The summed E-state index contributed by atoms with van der Waals surface area (Å²) in [4.78, 5) is 7.63. The lowest BCUT2D eigenvalue weighted by molar-refractivity contribution is 0.291. The molecule has 94 valence electrons. The van der Waals surface area contributed by atoms with Crippen LogP contribution in [0.5, 0.6) is 0 Å². The van der Waals surface area contributed by atoms with Crippen molar-refractivity contribution in [2.45, 2.75) is 24.0 Å². The molecule has 2 rings (SSSR count). The van der Waals surface area contributed by atoms with Crippen molar-refractivity contribution < 1.29 is 8.42 Å². The average Bonchev–Trinajstić information content (AvgIpc) is 2.40. The third-order valence-corrected chi connectivity index (χ3v) is 4.59. The lowest BCUT2D eigenvalue weighted by Gasteiger charge is -2.30. The summed E-state index contributed by atoms with van der Waals surface area (Å²) in [6.07, 6.45) is 4.74. The van der Waals surface area contributed by atoms with Gasteiger partial charge in [0.05, 0.1) is 0 Å². The van der Waals surface area contributed by atoms with E-state index in [1.54, 1.807) is 6.07 Å². The predicted octanol–water partition coefficient (Wildman–Crippen LogP) is -0.151. The first-order valence-corrected chi connectivity index (χ1v) is 7.03. The predicted molar refractivity (Wildman–Crippen MR) is 62.9 cm³/mol. The molecule has 0 radical (unpaired) electrons. The van der Waals surface area contributed by atoms with Gasteiger partial charge in [-0.3, -0.25) is 0 Å². The van der Waals surface area contributed by atoms with Crippen LogP contribution in [0.3, 0.4) is 0 Å². The molecule has 1 aromatic rings. The van der Waals surface area contributed by atoms with Gasteiger partial charge in [0.2, 0.25) is 0 Å².